The van der Waals surface area contributed by atoms with Crippen molar-refractivity contribution in [3.8, 4) is 0 Å². The van der Waals surface area contributed by atoms with Crippen LogP contribution < -0.4 is 0 Å². The standard InChI is InChI=1S/C11H19N3O2/c1-8(2)14-7-9(6-12-14)10(13(3)4)5-11(15)16/h6-8,10H,5H2,1-4H3,(H,15,16). The van der Waals surface area contributed by atoms with Gasteiger partial charge in [-0.3, -0.25) is 9.48 Å². The highest BCUT2D eigenvalue weighted by atomic mass is 16.4. The van der Waals surface area contributed by atoms with E-state index in [1.165, 1.54) is 0 Å². The second-order valence-corrected chi connectivity index (χ2v) is 4.42. The molecular weight excluding hydrogens is 206 g/mol. The van der Waals surface area contributed by atoms with Crippen molar-refractivity contribution in [2.75, 3.05) is 14.1 Å². The minimum Gasteiger partial charge on any atom is -0.481 e. The van der Waals surface area contributed by atoms with Crippen molar-refractivity contribution < 1.29 is 9.90 Å². The Kier molecular flexibility index (Phi) is 4.06. The molecule has 1 aromatic heterocycles. The summed E-state index contributed by atoms with van der Waals surface area (Å²) < 4.78 is 1.84. The molecule has 0 fully saturated rings. The van der Waals surface area contributed by atoms with E-state index in [0.29, 0.717) is 6.04 Å². The van der Waals surface area contributed by atoms with Crippen LogP contribution >= 0.6 is 0 Å². The van der Waals surface area contributed by atoms with Gasteiger partial charge < -0.3 is 10.0 Å². The van der Waals surface area contributed by atoms with E-state index >= 15 is 0 Å². The summed E-state index contributed by atoms with van der Waals surface area (Å²) >= 11 is 0. The van der Waals surface area contributed by atoms with Crippen LogP contribution in [0.25, 0.3) is 0 Å². The SMILES string of the molecule is CC(C)n1cc(C(CC(=O)O)N(C)C)cn1. The topological polar surface area (TPSA) is 58.4 Å². The van der Waals surface area contributed by atoms with Crippen LogP contribution in [0.1, 0.15) is 37.9 Å². The number of nitrogens with zero attached hydrogens (tertiary/aromatic N) is 3. The number of aliphatic carboxylic acids is 1. The lowest BCUT2D eigenvalue weighted by atomic mass is 10.1. The lowest BCUT2D eigenvalue weighted by Crippen LogP contribution is -2.22. The molecule has 0 saturated heterocycles. The Hall–Kier alpha value is -1.36. The summed E-state index contributed by atoms with van der Waals surface area (Å²) in [6, 6.07) is 0.173. The van der Waals surface area contributed by atoms with Gasteiger partial charge in [-0.1, -0.05) is 0 Å². The molecule has 1 heterocycles. The van der Waals surface area contributed by atoms with Crippen molar-refractivity contribution in [1.82, 2.24) is 14.7 Å². The largest absolute Gasteiger partial charge is 0.481 e. The van der Waals surface area contributed by atoms with E-state index in [1.54, 1.807) is 6.20 Å². The maximum atomic E-state index is 10.8. The van der Waals surface area contributed by atoms with E-state index in [4.69, 9.17) is 5.11 Å². The van der Waals surface area contributed by atoms with Crippen LogP contribution in [0.15, 0.2) is 12.4 Å². The van der Waals surface area contributed by atoms with Crippen molar-refractivity contribution in [2.24, 2.45) is 0 Å². The molecule has 0 aromatic carbocycles. The molecule has 90 valence electrons. The van der Waals surface area contributed by atoms with E-state index in [-0.39, 0.29) is 12.5 Å². The number of rotatable bonds is 5. The monoisotopic (exact) mass is 225 g/mol. The van der Waals surface area contributed by atoms with Crippen molar-refractivity contribution >= 4 is 5.97 Å². The molecule has 0 aliphatic rings. The van der Waals surface area contributed by atoms with Crippen molar-refractivity contribution in [3.05, 3.63) is 18.0 Å². The van der Waals surface area contributed by atoms with Gasteiger partial charge in [0.2, 0.25) is 0 Å². The number of aromatic nitrogens is 2. The quantitative estimate of drug-likeness (QED) is 0.825. The highest BCUT2D eigenvalue weighted by molar-refractivity contribution is 5.67. The summed E-state index contributed by atoms with van der Waals surface area (Å²) in [6.45, 7) is 4.08. The first-order chi connectivity index (χ1) is 7.41. The predicted octanol–water partition coefficient (Wildman–Crippen LogP) is 1.54. The summed E-state index contributed by atoms with van der Waals surface area (Å²) in [4.78, 5) is 12.7. The molecule has 0 saturated carbocycles. The van der Waals surface area contributed by atoms with Crippen LogP contribution in [0.2, 0.25) is 0 Å². The molecule has 5 heteroatoms. The second-order valence-electron chi connectivity index (χ2n) is 4.42. The molecule has 1 atom stereocenters. The first-order valence-corrected chi connectivity index (χ1v) is 5.34. The first-order valence-electron chi connectivity index (χ1n) is 5.34. The van der Waals surface area contributed by atoms with Gasteiger partial charge in [0.15, 0.2) is 0 Å². The van der Waals surface area contributed by atoms with Gasteiger partial charge in [0.1, 0.15) is 0 Å². The average Bonchev–Trinajstić information content (AvgIpc) is 2.61. The van der Waals surface area contributed by atoms with Crippen LogP contribution in [0.5, 0.6) is 0 Å². The molecule has 1 rings (SSSR count). The Morgan fingerprint density at radius 2 is 2.19 bits per heavy atom. The van der Waals surface area contributed by atoms with Crippen LogP contribution in [0.3, 0.4) is 0 Å². The van der Waals surface area contributed by atoms with E-state index in [1.807, 2.05) is 43.7 Å². The summed E-state index contributed by atoms with van der Waals surface area (Å²) in [7, 11) is 3.75. The molecule has 1 unspecified atom stereocenters. The number of carboxylic acid groups (broad SMARTS) is 1. The minimum atomic E-state index is -0.795. The molecule has 0 aliphatic heterocycles. The maximum Gasteiger partial charge on any atom is 0.305 e. The van der Waals surface area contributed by atoms with Crippen LogP contribution in [0, 0.1) is 0 Å². The van der Waals surface area contributed by atoms with E-state index in [0.717, 1.165) is 5.56 Å². The zero-order valence-corrected chi connectivity index (χ0v) is 10.2. The van der Waals surface area contributed by atoms with Crippen LogP contribution in [-0.2, 0) is 4.79 Å². The lowest BCUT2D eigenvalue weighted by Gasteiger charge is -2.21. The highest BCUT2D eigenvalue weighted by Gasteiger charge is 2.19. The fraction of sp³-hybridized carbons (Fsp3) is 0.636. The van der Waals surface area contributed by atoms with Crippen molar-refractivity contribution in [3.63, 3.8) is 0 Å². The lowest BCUT2D eigenvalue weighted by molar-refractivity contribution is -0.138. The number of hydrogen-bond acceptors (Lipinski definition) is 3. The zero-order valence-electron chi connectivity index (χ0n) is 10.2. The number of carbonyl (C=O) groups is 1. The zero-order chi connectivity index (χ0) is 12.3. The fourth-order valence-corrected chi connectivity index (χ4v) is 1.57. The molecule has 16 heavy (non-hydrogen) atoms. The first kappa shape index (κ1) is 12.7. The van der Waals surface area contributed by atoms with Gasteiger partial charge in [0.25, 0.3) is 0 Å². The van der Waals surface area contributed by atoms with Gasteiger partial charge >= 0.3 is 5.97 Å². The van der Waals surface area contributed by atoms with Gasteiger partial charge in [-0.25, -0.2) is 0 Å². The Labute approximate surface area is 95.7 Å². The molecule has 1 N–H and O–H groups in total. The molecule has 1 aromatic rings. The highest BCUT2D eigenvalue weighted by Crippen LogP contribution is 2.22. The summed E-state index contributed by atoms with van der Waals surface area (Å²) in [6.07, 6.45) is 3.75. The van der Waals surface area contributed by atoms with Crippen molar-refractivity contribution in [1.29, 1.82) is 0 Å². The maximum absolute atomic E-state index is 10.8. The smallest absolute Gasteiger partial charge is 0.305 e. The fourth-order valence-electron chi connectivity index (χ4n) is 1.57. The third-order valence-corrected chi connectivity index (χ3v) is 2.53. The van der Waals surface area contributed by atoms with Gasteiger partial charge in [0.05, 0.1) is 12.6 Å². The second kappa shape index (κ2) is 5.12. The Morgan fingerprint density at radius 1 is 1.56 bits per heavy atom. The van der Waals surface area contributed by atoms with E-state index in [2.05, 4.69) is 5.10 Å². The molecule has 0 spiro atoms. The van der Waals surface area contributed by atoms with Gasteiger partial charge in [-0.05, 0) is 27.9 Å². The summed E-state index contributed by atoms with van der Waals surface area (Å²) in [5.41, 5.74) is 0.945. The van der Waals surface area contributed by atoms with Crippen molar-refractivity contribution in [2.45, 2.75) is 32.4 Å². The summed E-state index contributed by atoms with van der Waals surface area (Å²) in [5, 5.41) is 13.1. The Morgan fingerprint density at radius 3 is 2.56 bits per heavy atom. The minimum absolute atomic E-state index is 0.0940. The van der Waals surface area contributed by atoms with Crippen LogP contribution in [0.4, 0.5) is 0 Å². The molecule has 5 nitrogen and oxygen atoms in total. The molecular formula is C11H19N3O2. The van der Waals surface area contributed by atoms with Gasteiger partial charge in [-0.15, -0.1) is 0 Å². The number of hydrogen-bond donors (Lipinski definition) is 1. The van der Waals surface area contributed by atoms with E-state index < -0.39 is 5.97 Å². The van der Waals surface area contributed by atoms with E-state index in [9.17, 15) is 4.79 Å². The number of carboxylic acids is 1. The third-order valence-electron chi connectivity index (χ3n) is 2.53. The predicted molar refractivity (Wildman–Crippen MR) is 61.3 cm³/mol. The Balaban J connectivity index is 2.88. The van der Waals surface area contributed by atoms with Gasteiger partial charge in [0, 0.05) is 23.8 Å². The van der Waals surface area contributed by atoms with Gasteiger partial charge in [-0.2, -0.15) is 5.10 Å². The normalized spacial score (nSPS) is 13.4. The molecule has 0 bridgehead atoms. The third kappa shape index (κ3) is 3.06. The molecule has 0 amide bonds. The molecule has 0 radical (unpaired) electrons. The molecule has 0 aliphatic carbocycles. The average molecular weight is 225 g/mol. The van der Waals surface area contributed by atoms with Crippen LogP contribution in [-0.4, -0.2) is 39.9 Å². The Bertz CT molecular complexity index is 358. The summed E-state index contributed by atoms with van der Waals surface area (Å²) in [5.74, 6) is -0.795.